The second-order valence-corrected chi connectivity index (χ2v) is 9.91. The fourth-order valence-electron chi connectivity index (χ4n) is 5.68. The molecule has 0 saturated carbocycles. The summed E-state index contributed by atoms with van der Waals surface area (Å²) in [6.45, 7) is 18.9. The molecule has 0 saturated heterocycles. The highest BCUT2D eigenvalue weighted by Gasteiger charge is 2.25. The zero-order valence-corrected chi connectivity index (χ0v) is 23.8. The molecule has 0 atom stereocenters. The van der Waals surface area contributed by atoms with Crippen LogP contribution in [0.2, 0.25) is 0 Å². The van der Waals surface area contributed by atoms with Crippen molar-refractivity contribution in [2.24, 2.45) is 0 Å². The summed E-state index contributed by atoms with van der Waals surface area (Å²) in [5.41, 5.74) is 7.29. The highest BCUT2D eigenvalue weighted by atomic mass is 15.2. The average molecular weight is 567 g/mol. The van der Waals surface area contributed by atoms with E-state index in [1.165, 1.54) is 0 Å². The molecule has 8 heteroatoms. The minimum absolute atomic E-state index is 0.0774. The third kappa shape index (κ3) is 4.38. The summed E-state index contributed by atoms with van der Waals surface area (Å²) in [6, 6.07) is 35.9. The summed E-state index contributed by atoms with van der Waals surface area (Å²) in [5, 5.41) is 19.6. The van der Waals surface area contributed by atoms with Crippen molar-refractivity contribution in [1.82, 2.24) is 19.1 Å². The maximum absolute atomic E-state index is 9.95. The summed E-state index contributed by atoms with van der Waals surface area (Å²) < 4.78 is 3.47. The summed E-state index contributed by atoms with van der Waals surface area (Å²) in [4.78, 5) is 15.8. The topological polar surface area (TPSA) is 91.9 Å². The largest absolute Gasteiger partial charge is 0.373 e. The van der Waals surface area contributed by atoms with Crippen LogP contribution in [0.5, 0.6) is 0 Å². The van der Waals surface area contributed by atoms with Gasteiger partial charge in [0, 0.05) is 18.1 Å². The fraction of sp³-hybridized carbons (Fsp3) is 0.0556. The Kier molecular flexibility index (Phi) is 7.02. The van der Waals surface area contributed by atoms with Gasteiger partial charge < -0.3 is 9.69 Å². The Morgan fingerprint density at radius 1 is 0.568 bits per heavy atom. The number of hydrogen-bond acceptors (Lipinski definition) is 4. The maximum Gasteiger partial charge on any atom is 0.294 e. The summed E-state index contributed by atoms with van der Waals surface area (Å²) in [5.74, 6) is 1.36. The van der Waals surface area contributed by atoms with Crippen molar-refractivity contribution >= 4 is 11.6 Å². The lowest BCUT2D eigenvalue weighted by Crippen LogP contribution is -2.03. The molecule has 8 nitrogen and oxygen atoms in total. The Balaban J connectivity index is 1.60. The van der Waals surface area contributed by atoms with E-state index < -0.39 is 0 Å². The lowest BCUT2D eigenvalue weighted by Gasteiger charge is -2.19. The van der Waals surface area contributed by atoms with Crippen molar-refractivity contribution in [1.29, 1.82) is 10.5 Å². The number of aryl methyl sites for hydroxylation is 2. The molecule has 4 aromatic carbocycles. The molecule has 206 valence electrons. The molecule has 2 heterocycles. The average Bonchev–Trinajstić information content (AvgIpc) is 3.58. The summed E-state index contributed by atoms with van der Waals surface area (Å²) >= 11 is 0. The van der Waals surface area contributed by atoms with Crippen molar-refractivity contribution in [3.63, 3.8) is 0 Å². The molecule has 0 aliphatic heterocycles. The molecule has 0 amide bonds. The van der Waals surface area contributed by atoms with Crippen LogP contribution in [0.3, 0.4) is 0 Å². The molecule has 6 aromatic rings. The first kappa shape index (κ1) is 27.4. The van der Waals surface area contributed by atoms with Crippen LogP contribution in [0.25, 0.3) is 54.4 Å². The van der Waals surface area contributed by atoms with Crippen molar-refractivity contribution in [3.05, 3.63) is 143 Å². The SMILES string of the molecule is [C-]#[N+]c1nc(C)n(-c2ccccc2-c2ccccc2-c2ccccc2-c2ccccc2-n2c(C)nc(C#N)c2C#N)c1[N+]#[C-]. The van der Waals surface area contributed by atoms with Gasteiger partial charge in [0.05, 0.1) is 5.69 Å². The molecule has 0 radical (unpaired) electrons. The van der Waals surface area contributed by atoms with E-state index in [1.54, 1.807) is 23.0 Å². The van der Waals surface area contributed by atoms with Gasteiger partial charge in [-0.1, -0.05) is 103 Å². The van der Waals surface area contributed by atoms with E-state index in [-0.39, 0.29) is 23.0 Å². The first-order valence-corrected chi connectivity index (χ1v) is 13.6. The third-order valence-corrected chi connectivity index (χ3v) is 7.49. The molecular formula is C36H22N8. The lowest BCUT2D eigenvalue weighted by molar-refractivity contribution is 0.962. The number of benzene rings is 4. The van der Waals surface area contributed by atoms with Crippen molar-refractivity contribution < 1.29 is 0 Å². The zero-order valence-electron chi connectivity index (χ0n) is 23.8. The van der Waals surface area contributed by atoms with Crippen LogP contribution < -0.4 is 0 Å². The summed E-state index contributed by atoms with van der Waals surface area (Å²) in [6.07, 6.45) is 0. The highest BCUT2D eigenvalue weighted by Crippen LogP contribution is 2.43. The number of imidazole rings is 2. The van der Waals surface area contributed by atoms with Gasteiger partial charge in [0.15, 0.2) is 11.4 Å². The van der Waals surface area contributed by atoms with Gasteiger partial charge in [0.1, 0.15) is 23.7 Å². The quantitative estimate of drug-likeness (QED) is 0.196. The standard InChI is InChI=1S/C36H22N8/c1-23-41-31(21-37)34(22-38)43(23)32-19-11-9-17-29(32)27-15-7-5-13-25(27)26-14-6-8-16-28(26)30-18-10-12-20-33(30)44-24(2)42-35(39-3)36(44)40-4/h5-20H,1-2H3. The maximum atomic E-state index is 9.95. The predicted octanol–water partition coefficient (Wildman–Crippen LogP) is 8.52. The Labute approximate surface area is 254 Å². The lowest BCUT2D eigenvalue weighted by atomic mass is 9.88. The van der Waals surface area contributed by atoms with Crippen LogP contribution in [-0.2, 0) is 0 Å². The number of nitrogens with zero attached hydrogens (tertiary/aromatic N) is 8. The molecule has 44 heavy (non-hydrogen) atoms. The van der Waals surface area contributed by atoms with Gasteiger partial charge in [-0.15, -0.1) is 0 Å². The van der Waals surface area contributed by atoms with Crippen molar-refractivity contribution in [3.8, 4) is 56.9 Å². The van der Waals surface area contributed by atoms with Gasteiger partial charge in [-0.25, -0.2) is 9.55 Å². The summed E-state index contributed by atoms with van der Waals surface area (Å²) in [7, 11) is 0. The van der Waals surface area contributed by atoms with Crippen LogP contribution in [0.15, 0.2) is 97.1 Å². The molecule has 0 spiro atoms. The molecule has 0 aliphatic rings. The molecule has 6 rings (SSSR count). The smallest absolute Gasteiger partial charge is 0.294 e. The van der Waals surface area contributed by atoms with Crippen LogP contribution >= 0.6 is 0 Å². The highest BCUT2D eigenvalue weighted by molar-refractivity contribution is 5.95. The zero-order chi connectivity index (χ0) is 30.8. The Hall–Kier alpha value is -6.74. The molecule has 0 fully saturated rings. The van der Waals surface area contributed by atoms with E-state index in [0.717, 1.165) is 44.8 Å². The second-order valence-electron chi connectivity index (χ2n) is 9.91. The van der Waals surface area contributed by atoms with Gasteiger partial charge in [-0.05, 0) is 41.3 Å². The Bertz CT molecular complexity index is 2100. The van der Waals surface area contributed by atoms with Gasteiger partial charge in [-0.3, -0.25) is 4.57 Å². The molecule has 0 unspecified atom stereocenters. The van der Waals surface area contributed by atoms with E-state index in [0.29, 0.717) is 11.6 Å². The van der Waals surface area contributed by atoms with Crippen LogP contribution in [0.1, 0.15) is 23.0 Å². The number of para-hydroxylation sites is 2. The van der Waals surface area contributed by atoms with E-state index in [1.807, 2.05) is 91.0 Å². The minimum atomic E-state index is 0.0774. The van der Waals surface area contributed by atoms with Crippen LogP contribution in [0, 0.1) is 49.7 Å². The Morgan fingerprint density at radius 2 is 1.00 bits per heavy atom. The van der Waals surface area contributed by atoms with E-state index >= 15 is 0 Å². The predicted molar refractivity (Wildman–Crippen MR) is 168 cm³/mol. The first-order chi connectivity index (χ1) is 21.5. The number of hydrogen-bond donors (Lipinski definition) is 0. The van der Waals surface area contributed by atoms with Crippen molar-refractivity contribution in [2.75, 3.05) is 0 Å². The number of rotatable bonds is 5. The number of aromatic nitrogens is 4. The first-order valence-electron chi connectivity index (χ1n) is 13.6. The van der Waals surface area contributed by atoms with Gasteiger partial charge in [-0.2, -0.15) is 10.5 Å². The second kappa shape index (κ2) is 11.3. The van der Waals surface area contributed by atoms with E-state index in [2.05, 4.69) is 37.9 Å². The van der Waals surface area contributed by atoms with E-state index in [9.17, 15) is 10.5 Å². The normalized spacial score (nSPS) is 10.4. The molecule has 2 aromatic heterocycles. The van der Waals surface area contributed by atoms with Crippen molar-refractivity contribution in [2.45, 2.75) is 13.8 Å². The number of nitriles is 2. The van der Waals surface area contributed by atoms with Crippen LogP contribution in [0.4, 0.5) is 11.6 Å². The minimum Gasteiger partial charge on any atom is -0.373 e. The molecular weight excluding hydrogens is 544 g/mol. The van der Waals surface area contributed by atoms with E-state index in [4.69, 9.17) is 13.1 Å². The Morgan fingerprint density at radius 3 is 1.45 bits per heavy atom. The monoisotopic (exact) mass is 566 g/mol. The fourth-order valence-corrected chi connectivity index (χ4v) is 5.68. The van der Waals surface area contributed by atoms with Crippen LogP contribution in [-0.4, -0.2) is 19.1 Å². The third-order valence-electron chi connectivity index (χ3n) is 7.49. The molecule has 0 aliphatic carbocycles. The van der Waals surface area contributed by atoms with Gasteiger partial charge in [0.2, 0.25) is 0 Å². The van der Waals surface area contributed by atoms with Gasteiger partial charge >= 0.3 is 0 Å². The molecule has 0 bridgehead atoms. The van der Waals surface area contributed by atoms with Gasteiger partial charge in [0.25, 0.3) is 17.5 Å². The molecule has 0 N–H and O–H groups in total.